The summed E-state index contributed by atoms with van der Waals surface area (Å²) in [5, 5.41) is 4.29. The second-order valence-corrected chi connectivity index (χ2v) is 4.16. The fraction of sp³-hybridized carbons (Fsp3) is 0.333. The molecule has 0 aliphatic carbocycles. The maximum Gasteiger partial charge on any atom is 0.171 e. The van der Waals surface area contributed by atoms with Crippen LogP contribution >= 0.6 is 11.6 Å². The minimum atomic E-state index is 0.426. The summed E-state index contributed by atoms with van der Waals surface area (Å²) >= 11 is 5.76. The predicted molar refractivity (Wildman–Crippen MR) is 66.6 cm³/mol. The van der Waals surface area contributed by atoms with Crippen LogP contribution < -0.4 is 4.74 Å². The smallest absolute Gasteiger partial charge is 0.171 e. The Morgan fingerprint density at radius 2 is 2.12 bits per heavy atom. The van der Waals surface area contributed by atoms with Crippen molar-refractivity contribution in [2.24, 2.45) is 7.05 Å². The summed E-state index contributed by atoms with van der Waals surface area (Å²) in [6.07, 6.45) is 3.39. The number of ether oxygens (including phenoxy) is 1. The fourth-order valence-corrected chi connectivity index (χ4v) is 1.76. The van der Waals surface area contributed by atoms with Crippen LogP contribution in [-0.2, 0) is 12.9 Å². The van der Waals surface area contributed by atoms with Gasteiger partial charge in [-0.3, -0.25) is 9.67 Å². The molecule has 2 aromatic heterocycles. The summed E-state index contributed by atoms with van der Waals surface area (Å²) in [6, 6.07) is 1.88. The lowest BCUT2D eigenvalue weighted by Gasteiger charge is -2.06. The molecular formula is C12H14ClN3O. The molecule has 17 heavy (non-hydrogen) atoms. The molecule has 0 radical (unpaired) electrons. The van der Waals surface area contributed by atoms with Crippen molar-refractivity contribution in [1.82, 2.24) is 14.8 Å². The van der Waals surface area contributed by atoms with Crippen molar-refractivity contribution in [3.63, 3.8) is 0 Å². The van der Waals surface area contributed by atoms with E-state index in [0.29, 0.717) is 11.6 Å². The third-order valence-electron chi connectivity index (χ3n) is 2.59. The second-order valence-electron chi connectivity index (χ2n) is 3.89. The van der Waals surface area contributed by atoms with Gasteiger partial charge in [-0.25, -0.2) is 0 Å². The van der Waals surface area contributed by atoms with Crippen LogP contribution in [0.2, 0.25) is 0 Å². The number of hydrogen-bond acceptors (Lipinski definition) is 3. The van der Waals surface area contributed by atoms with Gasteiger partial charge in [-0.05, 0) is 25.5 Å². The van der Waals surface area contributed by atoms with Gasteiger partial charge in [0, 0.05) is 19.1 Å². The van der Waals surface area contributed by atoms with Crippen LogP contribution in [-0.4, -0.2) is 14.8 Å². The van der Waals surface area contributed by atoms with E-state index >= 15 is 0 Å². The van der Waals surface area contributed by atoms with Crippen LogP contribution in [0.1, 0.15) is 17.0 Å². The first-order valence-corrected chi connectivity index (χ1v) is 5.83. The normalized spacial score (nSPS) is 10.6. The van der Waals surface area contributed by atoms with Gasteiger partial charge in [-0.2, -0.15) is 5.10 Å². The van der Waals surface area contributed by atoms with Crippen molar-refractivity contribution in [3.05, 3.63) is 35.4 Å². The fourth-order valence-electron chi connectivity index (χ4n) is 1.61. The van der Waals surface area contributed by atoms with Crippen molar-refractivity contribution in [1.29, 1.82) is 0 Å². The average Bonchev–Trinajstić information content (AvgIpc) is 2.56. The molecular weight excluding hydrogens is 238 g/mol. The Morgan fingerprint density at radius 3 is 2.71 bits per heavy atom. The van der Waals surface area contributed by atoms with E-state index < -0.39 is 0 Å². The van der Waals surface area contributed by atoms with Crippen molar-refractivity contribution in [2.45, 2.75) is 19.7 Å². The summed E-state index contributed by atoms with van der Waals surface area (Å²) in [7, 11) is 1.89. The molecule has 0 aliphatic rings. The maximum absolute atomic E-state index is 5.80. The van der Waals surface area contributed by atoms with Gasteiger partial charge in [0.1, 0.15) is 11.4 Å². The molecule has 0 amide bonds. The molecule has 0 N–H and O–H groups in total. The van der Waals surface area contributed by atoms with Crippen LogP contribution in [0.15, 0.2) is 18.5 Å². The molecule has 0 aliphatic heterocycles. The zero-order valence-electron chi connectivity index (χ0n) is 10.1. The number of rotatable bonds is 3. The molecule has 90 valence electrons. The molecule has 0 bridgehead atoms. The van der Waals surface area contributed by atoms with Gasteiger partial charge < -0.3 is 4.74 Å². The summed E-state index contributed by atoms with van der Waals surface area (Å²) < 4.78 is 7.59. The zero-order chi connectivity index (χ0) is 12.4. The van der Waals surface area contributed by atoms with Gasteiger partial charge in [0.25, 0.3) is 0 Å². The van der Waals surface area contributed by atoms with Gasteiger partial charge in [0.15, 0.2) is 5.75 Å². The van der Waals surface area contributed by atoms with Crippen LogP contribution in [0.4, 0.5) is 0 Å². The van der Waals surface area contributed by atoms with E-state index in [1.807, 2.05) is 27.0 Å². The number of hydrogen-bond donors (Lipinski definition) is 0. The van der Waals surface area contributed by atoms with Crippen LogP contribution in [0, 0.1) is 13.8 Å². The number of aromatic nitrogens is 3. The highest BCUT2D eigenvalue weighted by molar-refractivity contribution is 6.17. The quantitative estimate of drug-likeness (QED) is 0.788. The predicted octanol–water partition coefficient (Wildman–Crippen LogP) is 2.96. The van der Waals surface area contributed by atoms with E-state index in [1.165, 1.54) is 0 Å². The van der Waals surface area contributed by atoms with E-state index in [9.17, 15) is 0 Å². The number of alkyl halides is 1. The van der Waals surface area contributed by atoms with Crippen molar-refractivity contribution in [3.8, 4) is 11.5 Å². The van der Waals surface area contributed by atoms with E-state index in [-0.39, 0.29) is 0 Å². The topological polar surface area (TPSA) is 39.9 Å². The molecule has 0 fully saturated rings. The number of halogens is 1. The standard InChI is InChI=1S/C12H14ClN3O/c1-8-12(9(2)16(3)15-8)17-11-4-10(5-13)6-14-7-11/h4,6-7H,5H2,1-3H3. The van der Waals surface area contributed by atoms with E-state index in [0.717, 1.165) is 22.7 Å². The Balaban J connectivity index is 2.31. The molecule has 0 atom stereocenters. The summed E-state index contributed by atoms with van der Waals surface area (Å²) in [4.78, 5) is 4.08. The maximum atomic E-state index is 5.80. The molecule has 0 saturated carbocycles. The Hall–Kier alpha value is -1.55. The SMILES string of the molecule is Cc1nn(C)c(C)c1Oc1cncc(CCl)c1. The molecule has 5 heteroatoms. The van der Waals surface area contributed by atoms with Gasteiger partial charge in [0.05, 0.1) is 11.9 Å². The molecule has 2 rings (SSSR count). The monoisotopic (exact) mass is 251 g/mol. The summed E-state index contributed by atoms with van der Waals surface area (Å²) in [5.74, 6) is 1.89. The first-order valence-electron chi connectivity index (χ1n) is 5.29. The Morgan fingerprint density at radius 1 is 1.35 bits per heavy atom. The third kappa shape index (κ3) is 2.42. The van der Waals surface area contributed by atoms with E-state index in [1.54, 1.807) is 17.1 Å². The first-order chi connectivity index (χ1) is 8.11. The molecule has 0 saturated heterocycles. The van der Waals surface area contributed by atoms with Crippen LogP contribution in [0.25, 0.3) is 0 Å². The summed E-state index contributed by atoms with van der Waals surface area (Å²) in [5.41, 5.74) is 2.78. The van der Waals surface area contributed by atoms with Gasteiger partial charge in [0.2, 0.25) is 0 Å². The minimum absolute atomic E-state index is 0.426. The highest BCUT2D eigenvalue weighted by Crippen LogP contribution is 2.27. The highest BCUT2D eigenvalue weighted by Gasteiger charge is 2.11. The lowest BCUT2D eigenvalue weighted by Crippen LogP contribution is -1.93. The van der Waals surface area contributed by atoms with E-state index in [2.05, 4.69) is 10.1 Å². The number of aryl methyl sites for hydroxylation is 2. The Bertz CT molecular complexity index is 537. The molecule has 0 unspecified atom stereocenters. The van der Waals surface area contributed by atoms with Gasteiger partial charge in [-0.1, -0.05) is 0 Å². The molecule has 0 aromatic carbocycles. The van der Waals surface area contributed by atoms with Crippen molar-refractivity contribution in [2.75, 3.05) is 0 Å². The largest absolute Gasteiger partial charge is 0.452 e. The minimum Gasteiger partial charge on any atom is -0.452 e. The number of pyridine rings is 1. The van der Waals surface area contributed by atoms with E-state index in [4.69, 9.17) is 16.3 Å². The molecule has 2 aromatic rings. The zero-order valence-corrected chi connectivity index (χ0v) is 10.8. The highest BCUT2D eigenvalue weighted by atomic mass is 35.5. The first kappa shape index (κ1) is 11.9. The molecule has 0 spiro atoms. The molecule has 4 nitrogen and oxygen atoms in total. The lowest BCUT2D eigenvalue weighted by molar-refractivity contribution is 0.471. The van der Waals surface area contributed by atoms with Crippen molar-refractivity contribution < 1.29 is 4.74 Å². The average molecular weight is 252 g/mol. The number of nitrogens with zero attached hydrogens (tertiary/aromatic N) is 3. The van der Waals surface area contributed by atoms with Gasteiger partial charge in [-0.15, -0.1) is 11.6 Å². The Labute approximate surface area is 105 Å². The molecule has 2 heterocycles. The van der Waals surface area contributed by atoms with Crippen LogP contribution in [0.5, 0.6) is 11.5 Å². The second kappa shape index (κ2) is 4.75. The lowest BCUT2D eigenvalue weighted by atomic mass is 10.3. The summed E-state index contributed by atoms with van der Waals surface area (Å²) in [6.45, 7) is 3.88. The van der Waals surface area contributed by atoms with Gasteiger partial charge >= 0.3 is 0 Å². The Kier molecular flexibility index (Phi) is 3.33. The third-order valence-corrected chi connectivity index (χ3v) is 2.90. The van der Waals surface area contributed by atoms with Crippen molar-refractivity contribution >= 4 is 11.6 Å². The van der Waals surface area contributed by atoms with Crippen LogP contribution in [0.3, 0.4) is 0 Å².